The van der Waals surface area contributed by atoms with E-state index in [0.29, 0.717) is 47.0 Å². The van der Waals surface area contributed by atoms with E-state index in [-0.39, 0.29) is 18.8 Å². The molecule has 222 valence electrons. The molecule has 11 heteroatoms. The fourth-order valence-corrected chi connectivity index (χ4v) is 6.44. The molecule has 0 fully saturated rings. The van der Waals surface area contributed by atoms with Crippen molar-refractivity contribution in [3.05, 3.63) is 123 Å². The standard InChI is InChI=1S/C32H28Cl3N3O4S/c1-5-41-31(40)28-18(2)36-32-38(29(28)19-7-11-24(12-8-19)37(3)4)30(39)27(43-32)15-21-14-22(33)10-13-26(21)42-17-20-6-9-23(34)16-25(20)35/h6-16,29H,5,17H2,1-4H3/b27-15-/t29-/m1/s1. The van der Waals surface area contributed by atoms with E-state index in [2.05, 4.69) is 4.99 Å². The van der Waals surface area contributed by atoms with Crippen LogP contribution in [0.2, 0.25) is 15.1 Å². The number of carbonyl (C=O) groups is 1. The van der Waals surface area contributed by atoms with Crippen LogP contribution in [0.25, 0.3) is 6.08 Å². The van der Waals surface area contributed by atoms with E-state index in [4.69, 9.17) is 44.3 Å². The second kappa shape index (κ2) is 13.0. The molecule has 1 aromatic heterocycles. The number of hydrogen-bond donors (Lipinski definition) is 0. The number of nitrogens with zero attached hydrogens (tertiary/aromatic N) is 3. The highest BCUT2D eigenvalue weighted by Crippen LogP contribution is 2.32. The highest BCUT2D eigenvalue weighted by atomic mass is 35.5. The Morgan fingerprint density at radius 3 is 2.42 bits per heavy atom. The van der Waals surface area contributed by atoms with Gasteiger partial charge in [0.2, 0.25) is 0 Å². The van der Waals surface area contributed by atoms with Crippen molar-refractivity contribution < 1.29 is 14.3 Å². The molecule has 0 bridgehead atoms. The van der Waals surface area contributed by atoms with Gasteiger partial charge >= 0.3 is 5.97 Å². The zero-order chi connectivity index (χ0) is 30.8. The fraction of sp³-hybridized carbons (Fsp3) is 0.219. The van der Waals surface area contributed by atoms with Crippen LogP contribution in [0, 0.1) is 0 Å². The number of carbonyl (C=O) groups excluding carboxylic acids is 1. The molecule has 3 aromatic carbocycles. The first-order chi connectivity index (χ1) is 20.6. The van der Waals surface area contributed by atoms with Gasteiger partial charge in [0.15, 0.2) is 4.80 Å². The summed E-state index contributed by atoms with van der Waals surface area (Å²) in [5.74, 6) is 0.00609. The lowest BCUT2D eigenvalue weighted by Gasteiger charge is -2.25. The van der Waals surface area contributed by atoms with Gasteiger partial charge in [-0.15, -0.1) is 0 Å². The molecular formula is C32H28Cl3N3O4S. The molecule has 4 aromatic rings. The summed E-state index contributed by atoms with van der Waals surface area (Å²) in [6.45, 7) is 3.89. The van der Waals surface area contributed by atoms with Crippen LogP contribution >= 0.6 is 46.1 Å². The minimum Gasteiger partial charge on any atom is -0.488 e. The minimum absolute atomic E-state index is 0.185. The van der Waals surface area contributed by atoms with Crippen molar-refractivity contribution in [2.45, 2.75) is 26.5 Å². The Morgan fingerprint density at radius 1 is 1.05 bits per heavy atom. The number of halogens is 3. The van der Waals surface area contributed by atoms with Gasteiger partial charge in [0, 0.05) is 46.0 Å². The van der Waals surface area contributed by atoms with Crippen molar-refractivity contribution in [3.8, 4) is 5.75 Å². The first kappa shape index (κ1) is 30.9. The Hall–Kier alpha value is -3.56. The third-order valence-electron chi connectivity index (χ3n) is 6.90. The lowest BCUT2D eigenvalue weighted by Crippen LogP contribution is -2.40. The summed E-state index contributed by atoms with van der Waals surface area (Å²) in [5, 5.41) is 1.50. The van der Waals surface area contributed by atoms with E-state index in [1.165, 1.54) is 11.3 Å². The van der Waals surface area contributed by atoms with E-state index in [1.54, 1.807) is 60.9 Å². The van der Waals surface area contributed by atoms with Crippen LogP contribution in [0.1, 0.15) is 36.6 Å². The number of aromatic nitrogens is 1. The number of fused-ring (bicyclic) bond motifs is 1. The second-order valence-electron chi connectivity index (χ2n) is 9.99. The summed E-state index contributed by atoms with van der Waals surface area (Å²) in [7, 11) is 3.90. The third kappa shape index (κ3) is 6.53. The third-order valence-corrected chi connectivity index (χ3v) is 8.70. The molecule has 0 radical (unpaired) electrons. The lowest BCUT2D eigenvalue weighted by atomic mass is 9.95. The smallest absolute Gasteiger partial charge is 0.338 e. The van der Waals surface area contributed by atoms with Gasteiger partial charge in [-0.25, -0.2) is 9.79 Å². The van der Waals surface area contributed by atoms with Crippen LogP contribution < -0.4 is 24.5 Å². The van der Waals surface area contributed by atoms with Gasteiger partial charge in [0.1, 0.15) is 12.4 Å². The molecule has 0 saturated carbocycles. The summed E-state index contributed by atoms with van der Waals surface area (Å²) in [4.78, 5) is 34.4. The summed E-state index contributed by atoms with van der Waals surface area (Å²) in [6.07, 6.45) is 1.73. The molecule has 43 heavy (non-hydrogen) atoms. The van der Waals surface area contributed by atoms with E-state index in [0.717, 1.165) is 16.8 Å². The summed E-state index contributed by atoms with van der Waals surface area (Å²) < 4.78 is 13.5. The van der Waals surface area contributed by atoms with Gasteiger partial charge in [0.05, 0.1) is 28.5 Å². The molecule has 1 aliphatic rings. The molecule has 2 heterocycles. The summed E-state index contributed by atoms with van der Waals surface area (Å²) in [6, 6.07) is 17.4. The van der Waals surface area contributed by atoms with Gasteiger partial charge in [-0.1, -0.05) is 64.3 Å². The molecule has 0 spiro atoms. The molecule has 0 aliphatic carbocycles. The molecule has 5 rings (SSSR count). The second-order valence-corrected chi connectivity index (χ2v) is 12.3. The van der Waals surface area contributed by atoms with Gasteiger partial charge in [-0.2, -0.15) is 0 Å². The highest BCUT2D eigenvalue weighted by Gasteiger charge is 2.33. The normalized spacial score (nSPS) is 14.8. The predicted molar refractivity (Wildman–Crippen MR) is 173 cm³/mol. The summed E-state index contributed by atoms with van der Waals surface area (Å²) in [5.41, 5.74) is 3.64. The number of thiazole rings is 1. The number of allylic oxidation sites excluding steroid dienone is 1. The molecule has 1 aliphatic heterocycles. The zero-order valence-corrected chi connectivity index (χ0v) is 26.9. The van der Waals surface area contributed by atoms with Crippen molar-refractivity contribution in [2.75, 3.05) is 25.6 Å². The Kier molecular flexibility index (Phi) is 9.32. The van der Waals surface area contributed by atoms with E-state index >= 15 is 0 Å². The number of esters is 1. The Balaban J connectivity index is 1.61. The maximum atomic E-state index is 14.1. The SMILES string of the molecule is CCOC(=O)C1=C(C)N=c2s/c(=C\c3cc(Cl)ccc3OCc3ccc(Cl)cc3Cl)c(=O)n2[C@@H]1c1ccc(N(C)C)cc1. The zero-order valence-electron chi connectivity index (χ0n) is 23.9. The Morgan fingerprint density at radius 2 is 1.74 bits per heavy atom. The van der Waals surface area contributed by atoms with Crippen molar-refractivity contribution in [1.82, 2.24) is 4.57 Å². The summed E-state index contributed by atoms with van der Waals surface area (Å²) >= 11 is 19.9. The number of hydrogen-bond acceptors (Lipinski definition) is 7. The topological polar surface area (TPSA) is 73.1 Å². The minimum atomic E-state index is -0.712. The van der Waals surface area contributed by atoms with Crippen LogP contribution in [-0.4, -0.2) is 31.2 Å². The Labute approximate surface area is 267 Å². The molecule has 0 unspecified atom stereocenters. The van der Waals surface area contributed by atoms with E-state index in [9.17, 15) is 9.59 Å². The van der Waals surface area contributed by atoms with E-state index in [1.807, 2.05) is 43.3 Å². The first-order valence-electron chi connectivity index (χ1n) is 13.4. The number of benzene rings is 3. The average Bonchev–Trinajstić information content (AvgIpc) is 3.26. The predicted octanol–water partition coefficient (Wildman–Crippen LogP) is 6.40. The molecule has 0 N–H and O–H groups in total. The molecule has 0 amide bonds. The maximum absolute atomic E-state index is 14.1. The van der Waals surface area contributed by atoms with Gasteiger partial charge in [-0.05, 0) is 68.0 Å². The van der Waals surface area contributed by atoms with Crippen LogP contribution in [0.4, 0.5) is 5.69 Å². The fourth-order valence-electron chi connectivity index (χ4n) is 4.76. The van der Waals surface area contributed by atoms with Gasteiger partial charge in [-0.3, -0.25) is 9.36 Å². The van der Waals surface area contributed by atoms with Gasteiger partial charge < -0.3 is 14.4 Å². The van der Waals surface area contributed by atoms with Crippen LogP contribution in [-0.2, 0) is 16.1 Å². The van der Waals surface area contributed by atoms with Crippen molar-refractivity contribution >= 4 is 63.9 Å². The quantitative estimate of drug-likeness (QED) is 0.205. The molecule has 0 saturated heterocycles. The number of ether oxygens (including phenoxy) is 2. The van der Waals surface area contributed by atoms with Crippen LogP contribution in [0.3, 0.4) is 0 Å². The largest absolute Gasteiger partial charge is 0.488 e. The van der Waals surface area contributed by atoms with Crippen LogP contribution in [0.5, 0.6) is 5.75 Å². The van der Waals surface area contributed by atoms with Gasteiger partial charge in [0.25, 0.3) is 5.56 Å². The maximum Gasteiger partial charge on any atom is 0.338 e. The monoisotopic (exact) mass is 655 g/mol. The molecular weight excluding hydrogens is 629 g/mol. The average molecular weight is 657 g/mol. The highest BCUT2D eigenvalue weighted by molar-refractivity contribution is 7.07. The Bertz CT molecular complexity index is 1910. The lowest BCUT2D eigenvalue weighted by molar-refractivity contribution is -0.139. The number of anilines is 1. The molecule has 1 atom stereocenters. The van der Waals surface area contributed by atoms with Crippen molar-refractivity contribution in [2.24, 2.45) is 4.99 Å². The first-order valence-corrected chi connectivity index (χ1v) is 15.4. The van der Waals surface area contributed by atoms with Crippen LogP contribution in [0.15, 0.2) is 81.7 Å². The van der Waals surface area contributed by atoms with Crippen molar-refractivity contribution in [3.63, 3.8) is 0 Å². The number of rotatable bonds is 8. The van der Waals surface area contributed by atoms with E-state index < -0.39 is 12.0 Å². The van der Waals surface area contributed by atoms with Crippen molar-refractivity contribution in [1.29, 1.82) is 0 Å². The molecule has 7 nitrogen and oxygen atoms in total.